The number of rotatable bonds is 6. The molecule has 0 aliphatic heterocycles. The Morgan fingerprint density at radius 3 is 2.62 bits per heavy atom. The molecule has 2 aromatic rings. The summed E-state index contributed by atoms with van der Waals surface area (Å²) in [5.74, 6) is 0.859. The minimum atomic E-state index is -3.61. The third kappa shape index (κ3) is 3.37. The van der Waals surface area contributed by atoms with Crippen molar-refractivity contribution in [3.63, 3.8) is 0 Å². The minimum absolute atomic E-state index is 0.146. The fraction of sp³-hybridized carbons (Fsp3) is 0.429. The molecule has 0 unspecified atom stereocenters. The Morgan fingerprint density at radius 2 is 2.14 bits per heavy atom. The molecule has 0 saturated heterocycles. The lowest BCUT2D eigenvalue weighted by Gasteiger charge is -2.25. The average Bonchev–Trinajstić information content (AvgIpc) is 3.04. The predicted octanol–water partition coefficient (Wildman–Crippen LogP) is 2.71. The monoisotopic (exact) mass is 328 g/mol. The lowest BCUT2D eigenvalue weighted by molar-refractivity contribution is 0.349. The van der Waals surface area contributed by atoms with E-state index in [0.29, 0.717) is 18.1 Å². The van der Waals surface area contributed by atoms with Crippen molar-refractivity contribution in [3.05, 3.63) is 40.0 Å². The first-order valence-electron chi connectivity index (χ1n) is 6.70. The van der Waals surface area contributed by atoms with Crippen molar-refractivity contribution in [1.29, 1.82) is 0 Å². The van der Waals surface area contributed by atoms with E-state index in [-0.39, 0.29) is 17.5 Å². The van der Waals surface area contributed by atoms with E-state index in [1.165, 1.54) is 10.4 Å². The zero-order valence-corrected chi connectivity index (χ0v) is 14.0. The van der Waals surface area contributed by atoms with Gasteiger partial charge in [-0.1, -0.05) is 6.07 Å². The maximum Gasteiger partial charge on any atom is 0.247 e. The minimum Gasteiger partial charge on any atom is -0.464 e. The van der Waals surface area contributed by atoms with E-state index in [1.807, 2.05) is 31.4 Å². The zero-order chi connectivity index (χ0) is 15.6. The SMILES string of the molecule is Cc1oc(CN)cc1S(=O)(=O)N(Cc1cccs1)C(C)C. The summed E-state index contributed by atoms with van der Waals surface area (Å²) in [4.78, 5) is 1.21. The molecule has 0 radical (unpaired) electrons. The number of sulfonamides is 1. The van der Waals surface area contributed by atoms with Gasteiger partial charge in [-0.3, -0.25) is 0 Å². The largest absolute Gasteiger partial charge is 0.464 e. The second-order valence-corrected chi connectivity index (χ2v) is 7.95. The summed E-state index contributed by atoms with van der Waals surface area (Å²) in [5.41, 5.74) is 5.52. The summed E-state index contributed by atoms with van der Waals surface area (Å²) in [7, 11) is -3.61. The van der Waals surface area contributed by atoms with Crippen LogP contribution >= 0.6 is 11.3 Å². The molecule has 0 bridgehead atoms. The molecule has 2 rings (SSSR count). The van der Waals surface area contributed by atoms with Crippen LogP contribution in [0.3, 0.4) is 0 Å². The van der Waals surface area contributed by atoms with E-state index in [1.54, 1.807) is 18.3 Å². The first-order valence-corrected chi connectivity index (χ1v) is 9.01. The van der Waals surface area contributed by atoms with Gasteiger partial charge in [-0.25, -0.2) is 8.42 Å². The molecular formula is C14H20N2O3S2. The Balaban J connectivity index is 2.39. The van der Waals surface area contributed by atoms with E-state index in [2.05, 4.69) is 0 Å². The van der Waals surface area contributed by atoms with Gasteiger partial charge >= 0.3 is 0 Å². The maximum atomic E-state index is 12.9. The highest BCUT2D eigenvalue weighted by atomic mass is 32.2. The van der Waals surface area contributed by atoms with Crippen molar-refractivity contribution in [2.45, 2.75) is 44.8 Å². The Labute approximate surface area is 129 Å². The van der Waals surface area contributed by atoms with Gasteiger partial charge in [0.1, 0.15) is 16.4 Å². The number of hydrogen-bond donors (Lipinski definition) is 1. The van der Waals surface area contributed by atoms with Gasteiger partial charge in [0.25, 0.3) is 0 Å². The summed E-state index contributed by atoms with van der Waals surface area (Å²) < 4.78 is 32.6. The topological polar surface area (TPSA) is 76.5 Å². The summed E-state index contributed by atoms with van der Waals surface area (Å²) in [6, 6.07) is 5.23. The van der Waals surface area contributed by atoms with Gasteiger partial charge in [0.05, 0.1) is 6.54 Å². The molecule has 116 valence electrons. The van der Waals surface area contributed by atoms with Crippen LogP contribution in [0.4, 0.5) is 0 Å². The van der Waals surface area contributed by atoms with Gasteiger partial charge < -0.3 is 10.2 Å². The van der Waals surface area contributed by atoms with E-state index in [9.17, 15) is 8.42 Å². The summed E-state index contributed by atoms with van der Waals surface area (Å²) >= 11 is 1.54. The quantitative estimate of drug-likeness (QED) is 0.884. The summed E-state index contributed by atoms with van der Waals surface area (Å²) in [5, 5.41) is 1.94. The van der Waals surface area contributed by atoms with E-state index in [4.69, 9.17) is 10.2 Å². The summed E-state index contributed by atoms with van der Waals surface area (Å²) in [6.45, 7) is 5.92. The first-order chi connectivity index (χ1) is 9.86. The fourth-order valence-electron chi connectivity index (χ4n) is 2.11. The van der Waals surface area contributed by atoms with Gasteiger partial charge in [0, 0.05) is 23.5 Å². The Kier molecular flexibility index (Phi) is 4.88. The predicted molar refractivity (Wildman–Crippen MR) is 83.5 cm³/mol. The number of nitrogens with zero attached hydrogens (tertiary/aromatic N) is 1. The van der Waals surface area contributed by atoms with Crippen molar-refractivity contribution >= 4 is 21.4 Å². The summed E-state index contributed by atoms with van der Waals surface area (Å²) in [6.07, 6.45) is 0. The highest BCUT2D eigenvalue weighted by Crippen LogP contribution is 2.27. The average molecular weight is 328 g/mol. The first kappa shape index (κ1) is 16.2. The standard InChI is InChI=1S/C14H20N2O3S2/c1-10(2)16(9-13-5-4-6-20-13)21(17,18)14-7-12(8-15)19-11(14)3/h4-7,10H,8-9,15H2,1-3H3. The van der Waals surface area contributed by atoms with Crippen LogP contribution in [0.15, 0.2) is 32.9 Å². The molecule has 0 aromatic carbocycles. The van der Waals surface area contributed by atoms with Gasteiger partial charge in [0.2, 0.25) is 10.0 Å². The van der Waals surface area contributed by atoms with Crippen molar-refractivity contribution < 1.29 is 12.8 Å². The van der Waals surface area contributed by atoms with Crippen molar-refractivity contribution in [3.8, 4) is 0 Å². The van der Waals surface area contributed by atoms with Crippen LogP contribution in [0.25, 0.3) is 0 Å². The molecule has 0 atom stereocenters. The van der Waals surface area contributed by atoms with Crippen LogP contribution in [-0.2, 0) is 23.1 Å². The lowest BCUT2D eigenvalue weighted by Crippen LogP contribution is -2.36. The molecule has 0 saturated carbocycles. The highest BCUT2D eigenvalue weighted by Gasteiger charge is 2.31. The van der Waals surface area contributed by atoms with E-state index < -0.39 is 10.0 Å². The maximum absolute atomic E-state index is 12.9. The van der Waals surface area contributed by atoms with Crippen molar-refractivity contribution in [1.82, 2.24) is 4.31 Å². The third-order valence-corrected chi connectivity index (χ3v) is 6.17. The number of furan rings is 1. The van der Waals surface area contributed by atoms with Crippen LogP contribution < -0.4 is 5.73 Å². The highest BCUT2D eigenvalue weighted by molar-refractivity contribution is 7.89. The Bertz CT molecular complexity index is 688. The number of hydrogen-bond acceptors (Lipinski definition) is 5. The van der Waals surface area contributed by atoms with Gasteiger partial charge in [-0.05, 0) is 32.2 Å². The molecule has 2 N–H and O–H groups in total. The van der Waals surface area contributed by atoms with Gasteiger partial charge in [-0.2, -0.15) is 4.31 Å². The molecule has 0 spiro atoms. The van der Waals surface area contributed by atoms with Crippen molar-refractivity contribution in [2.75, 3.05) is 0 Å². The van der Waals surface area contributed by atoms with Crippen LogP contribution in [-0.4, -0.2) is 18.8 Å². The molecule has 0 aliphatic carbocycles. The molecule has 5 nitrogen and oxygen atoms in total. The van der Waals surface area contributed by atoms with Gasteiger partial charge in [0.15, 0.2) is 0 Å². The lowest BCUT2D eigenvalue weighted by atomic mass is 10.4. The molecular weight excluding hydrogens is 308 g/mol. The molecule has 0 fully saturated rings. The third-order valence-electron chi connectivity index (χ3n) is 3.18. The Hall–Kier alpha value is -1.15. The Morgan fingerprint density at radius 1 is 1.43 bits per heavy atom. The normalized spacial score (nSPS) is 12.5. The smallest absolute Gasteiger partial charge is 0.247 e. The van der Waals surface area contributed by atoms with Crippen LogP contribution in [0.2, 0.25) is 0 Å². The van der Waals surface area contributed by atoms with Crippen LogP contribution in [0.1, 0.15) is 30.2 Å². The molecule has 0 aliphatic rings. The molecule has 2 aromatic heterocycles. The van der Waals surface area contributed by atoms with Crippen LogP contribution in [0, 0.1) is 6.92 Å². The second kappa shape index (κ2) is 6.31. The van der Waals surface area contributed by atoms with E-state index >= 15 is 0 Å². The van der Waals surface area contributed by atoms with E-state index in [0.717, 1.165) is 4.88 Å². The van der Waals surface area contributed by atoms with Crippen LogP contribution in [0.5, 0.6) is 0 Å². The molecule has 21 heavy (non-hydrogen) atoms. The molecule has 0 amide bonds. The van der Waals surface area contributed by atoms with Gasteiger partial charge in [-0.15, -0.1) is 11.3 Å². The fourth-order valence-corrected chi connectivity index (χ4v) is 4.69. The number of nitrogens with two attached hydrogens (primary N) is 1. The van der Waals surface area contributed by atoms with Crippen molar-refractivity contribution in [2.24, 2.45) is 5.73 Å². The zero-order valence-electron chi connectivity index (χ0n) is 12.4. The molecule has 7 heteroatoms. The molecule has 2 heterocycles. The number of thiophene rings is 1. The second-order valence-electron chi connectivity index (χ2n) is 5.06. The number of aryl methyl sites for hydroxylation is 1.